The van der Waals surface area contributed by atoms with Gasteiger partial charge in [0.05, 0.1) is 12.6 Å². The molecule has 0 aromatic heterocycles. The quantitative estimate of drug-likeness (QED) is 0.820. The molecule has 1 aromatic carbocycles. The zero-order valence-electron chi connectivity index (χ0n) is 11.1. The Morgan fingerprint density at radius 2 is 2.26 bits per heavy atom. The van der Waals surface area contributed by atoms with Crippen LogP contribution >= 0.6 is 0 Å². The highest BCUT2D eigenvalue weighted by molar-refractivity contribution is 5.68. The average Bonchev–Trinajstić information content (AvgIpc) is 2.46. The maximum absolute atomic E-state index is 11.9. The Morgan fingerprint density at radius 1 is 1.47 bits per heavy atom. The van der Waals surface area contributed by atoms with Gasteiger partial charge in [-0.1, -0.05) is 36.3 Å². The summed E-state index contributed by atoms with van der Waals surface area (Å²) in [6, 6.07) is 9.73. The van der Waals surface area contributed by atoms with Gasteiger partial charge in [-0.3, -0.25) is 0 Å². The first-order valence-corrected chi connectivity index (χ1v) is 6.41. The third-order valence-corrected chi connectivity index (χ3v) is 2.96. The van der Waals surface area contributed by atoms with Crippen molar-refractivity contribution in [2.24, 2.45) is 0 Å². The first-order chi connectivity index (χ1) is 9.29. The van der Waals surface area contributed by atoms with Gasteiger partial charge in [0.1, 0.15) is 6.61 Å². The molecule has 4 nitrogen and oxygen atoms in total. The molecule has 1 aliphatic rings. The molecule has 0 saturated carbocycles. The molecule has 1 N–H and O–H groups in total. The van der Waals surface area contributed by atoms with Crippen molar-refractivity contribution >= 4 is 6.09 Å². The van der Waals surface area contributed by atoms with Crippen LogP contribution in [-0.4, -0.2) is 36.7 Å². The third kappa shape index (κ3) is 4.01. The number of hydrogen-bond acceptors (Lipinski definition) is 3. The second-order valence-electron chi connectivity index (χ2n) is 4.39. The van der Waals surface area contributed by atoms with Crippen LogP contribution in [-0.2, 0) is 11.3 Å². The number of benzene rings is 1. The summed E-state index contributed by atoms with van der Waals surface area (Å²) in [6.07, 6.45) is -0.270. The van der Waals surface area contributed by atoms with Gasteiger partial charge < -0.3 is 15.0 Å². The Balaban J connectivity index is 1.84. The Hall–Kier alpha value is -1.99. The highest BCUT2D eigenvalue weighted by Crippen LogP contribution is 2.05. The molecule has 19 heavy (non-hydrogen) atoms. The average molecular weight is 258 g/mol. The van der Waals surface area contributed by atoms with Gasteiger partial charge in [-0.05, 0) is 12.5 Å². The SMILES string of the molecule is CC#C[C@H]1CN(C(=O)OCc2ccccc2)CCN1. The summed E-state index contributed by atoms with van der Waals surface area (Å²) < 4.78 is 5.31. The van der Waals surface area contributed by atoms with Crippen LogP contribution in [0.5, 0.6) is 0 Å². The highest BCUT2D eigenvalue weighted by atomic mass is 16.6. The third-order valence-electron chi connectivity index (χ3n) is 2.96. The van der Waals surface area contributed by atoms with Crippen LogP contribution in [0.15, 0.2) is 30.3 Å². The maximum Gasteiger partial charge on any atom is 0.410 e. The lowest BCUT2D eigenvalue weighted by Crippen LogP contribution is -2.52. The molecule has 1 aliphatic heterocycles. The number of amides is 1. The van der Waals surface area contributed by atoms with E-state index in [2.05, 4.69) is 17.2 Å². The topological polar surface area (TPSA) is 41.6 Å². The summed E-state index contributed by atoms with van der Waals surface area (Å²) >= 11 is 0. The van der Waals surface area contributed by atoms with Crippen molar-refractivity contribution in [3.8, 4) is 11.8 Å². The van der Waals surface area contributed by atoms with E-state index in [1.165, 1.54) is 0 Å². The smallest absolute Gasteiger partial charge is 0.410 e. The van der Waals surface area contributed by atoms with E-state index in [-0.39, 0.29) is 12.1 Å². The molecule has 1 aromatic rings. The zero-order chi connectivity index (χ0) is 13.5. The summed E-state index contributed by atoms with van der Waals surface area (Å²) in [6.45, 7) is 4.10. The van der Waals surface area contributed by atoms with Crippen LogP contribution in [0.4, 0.5) is 4.79 Å². The van der Waals surface area contributed by atoms with Gasteiger partial charge in [0.2, 0.25) is 0 Å². The molecular weight excluding hydrogens is 240 g/mol. The van der Waals surface area contributed by atoms with Crippen molar-refractivity contribution < 1.29 is 9.53 Å². The second-order valence-corrected chi connectivity index (χ2v) is 4.39. The molecule has 0 unspecified atom stereocenters. The molecule has 0 radical (unpaired) electrons. The number of hydrogen-bond donors (Lipinski definition) is 1. The van der Waals surface area contributed by atoms with Crippen LogP contribution in [0.2, 0.25) is 0 Å². The molecule has 1 heterocycles. The fourth-order valence-electron chi connectivity index (χ4n) is 2.00. The summed E-state index contributed by atoms with van der Waals surface area (Å²) in [5.41, 5.74) is 0.996. The number of carbonyl (C=O) groups is 1. The van der Waals surface area contributed by atoms with Gasteiger partial charge in [0.25, 0.3) is 0 Å². The molecule has 0 spiro atoms. The minimum absolute atomic E-state index is 0.0445. The number of ether oxygens (including phenoxy) is 1. The van der Waals surface area contributed by atoms with E-state index >= 15 is 0 Å². The highest BCUT2D eigenvalue weighted by Gasteiger charge is 2.22. The van der Waals surface area contributed by atoms with Crippen molar-refractivity contribution in [1.29, 1.82) is 0 Å². The van der Waals surface area contributed by atoms with Crippen LogP contribution < -0.4 is 5.32 Å². The summed E-state index contributed by atoms with van der Waals surface area (Å²) in [4.78, 5) is 13.7. The Bertz CT molecular complexity index is 476. The van der Waals surface area contributed by atoms with E-state index < -0.39 is 0 Å². The minimum atomic E-state index is -0.270. The van der Waals surface area contributed by atoms with Crippen LogP contribution in [0, 0.1) is 11.8 Å². The van der Waals surface area contributed by atoms with Crippen molar-refractivity contribution in [3.63, 3.8) is 0 Å². The fourth-order valence-corrected chi connectivity index (χ4v) is 2.00. The molecule has 0 bridgehead atoms. The summed E-state index contributed by atoms with van der Waals surface area (Å²) in [7, 11) is 0. The molecule has 0 aliphatic carbocycles. The van der Waals surface area contributed by atoms with Crippen LogP contribution in [0.3, 0.4) is 0 Å². The van der Waals surface area contributed by atoms with Gasteiger partial charge in [0, 0.05) is 13.1 Å². The van der Waals surface area contributed by atoms with Gasteiger partial charge >= 0.3 is 6.09 Å². The van der Waals surface area contributed by atoms with Crippen molar-refractivity contribution in [3.05, 3.63) is 35.9 Å². The summed E-state index contributed by atoms with van der Waals surface area (Å²) in [5, 5.41) is 3.26. The standard InChI is InChI=1S/C15H18N2O2/c1-2-6-14-11-17(10-9-16-14)15(18)19-12-13-7-4-3-5-8-13/h3-5,7-8,14,16H,9-12H2,1H3/t14-/m0/s1. The predicted octanol–water partition coefficient (Wildman–Crippen LogP) is 1.62. The first-order valence-electron chi connectivity index (χ1n) is 6.41. The molecule has 1 amide bonds. The first kappa shape index (κ1) is 13.4. The molecule has 1 atom stereocenters. The lowest BCUT2D eigenvalue weighted by Gasteiger charge is -2.30. The van der Waals surface area contributed by atoms with Crippen molar-refractivity contribution in [2.75, 3.05) is 19.6 Å². The monoisotopic (exact) mass is 258 g/mol. The zero-order valence-corrected chi connectivity index (χ0v) is 11.1. The van der Waals surface area contributed by atoms with Crippen LogP contribution in [0.25, 0.3) is 0 Å². The lowest BCUT2D eigenvalue weighted by molar-refractivity contribution is 0.0885. The van der Waals surface area contributed by atoms with E-state index in [1.54, 1.807) is 11.8 Å². The summed E-state index contributed by atoms with van der Waals surface area (Å²) in [5.74, 6) is 5.90. The molecule has 1 saturated heterocycles. The largest absolute Gasteiger partial charge is 0.445 e. The number of nitrogens with one attached hydrogen (secondary N) is 1. The van der Waals surface area contributed by atoms with E-state index in [0.29, 0.717) is 19.7 Å². The normalized spacial score (nSPS) is 18.4. The molecular formula is C15H18N2O2. The van der Waals surface area contributed by atoms with Crippen molar-refractivity contribution in [2.45, 2.75) is 19.6 Å². The second kappa shape index (κ2) is 6.81. The Labute approximate surface area is 113 Å². The lowest BCUT2D eigenvalue weighted by atomic mass is 10.2. The van der Waals surface area contributed by atoms with Gasteiger partial charge in [-0.25, -0.2) is 4.79 Å². The molecule has 1 fully saturated rings. The van der Waals surface area contributed by atoms with E-state index in [4.69, 9.17) is 4.74 Å². The van der Waals surface area contributed by atoms with Gasteiger partial charge in [-0.2, -0.15) is 0 Å². The van der Waals surface area contributed by atoms with E-state index in [0.717, 1.165) is 12.1 Å². The van der Waals surface area contributed by atoms with Gasteiger partial charge in [0.15, 0.2) is 0 Å². The Morgan fingerprint density at radius 3 is 3.00 bits per heavy atom. The van der Waals surface area contributed by atoms with E-state index in [1.807, 2.05) is 30.3 Å². The number of nitrogens with zero attached hydrogens (tertiary/aromatic N) is 1. The molecule has 100 valence electrons. The maximum atomic E-state index is 11.9. The van der Waals surface area contributed by atoms with E-state index in [9.17, 15) is 4.79 Å². The van der Waals surface area contributed by atoms with Crippen molar-refractivity contribution in [1.82, 2.24) is 10.2 Å². The number of piperazine rings is 1. The number of carbonyl (C=O) groups excluding carboxylic acids is 1. The fraction of sp³-hybridized carbons (Fsp3) is 0.400. The minimum Gasteiger partial charge on any atom is -0.445 e. The van der Waals surface area contributed by atoms with Crippen LogP contribution in [0.1, 0.15) is 12.5 Å². The number of rotatable bonds is 2. The molecule has 2 rings (SSSR count). The Kier molecular flexibility index (Phi) is 4.82. The van der Waals surface area contributed by atoms with Gasteiger partial charge in [-0.15, -0.1) is 5.92 Å². The molecule has 4 heteroatoms. The predicted molar refractivity (Wildman–Crippen MR) is 73.4 cm³/mol.